The minimum atomic E-state index is 0.0173. The number of ether oxygens (including phenoxy) is 1. The van der Waals surface area contributed by atoms with Crippen LogP contribution in [0, 0.1) is 0 Å². The van der Waals surface area contributed by atoms with E-state index in [1.165, 1.54) is 0 Å². The number of nitrogens with one attached hydrogen (secondary N) is 1. The number of para-hydroxylation sites is 1. The molecular weight excluding hydrogens is 308 g/mol. The molecule has 0 saturated carbocycles. The Labute approximate surface area is 131 Å². The number of aliphatic imine (C=N–C) groups is 1. The molecule has 2 aromatic rings. The molecule has 22 heavy (non-hydrogen) atoms. The van der Waals surface area contributed by atoms with Crippen LogP contribution in [0.2, 0.25) is 5.02 Å². The summed E-state index contributed by atoms with van der Waals surface area (Å²) >= 11 is 6.02. The second-order valence-electron chi connectivity index (χ2n) is 3.84. The van der Waals surface area contributed by atoms with Gasteiger partial charge in [0.15, 0.2) is 0 Å². The van der Waals surface area contributed by atoms with Gasteiger partial charge in [-0.05, 0) is 12.1 Å². The van der Waals surface area contributed by atoms with Crippen LogP contribution in [0.5, 0.6) is 11.8 Å². The molecule has 0 bridgehead atoms. The van der Waals surface area contributed by atoms with Crippen molar-refractivity contribution >= 4 is 35.5 Å². The Kier molecular flexibility index (Phi) is 5.04. The fraction of sp³-hybridized carbons (Fsp3) is 0.0833. The average Bonchev–Trinajstić information content (AvgIpc) is 2.49. The number of anilines is 1. The highest BCUT2D eigenvalue weighted by Crippen LogP contribution is 2.27. The van der Waals surface area contributed by atoms with Crippen LogP contribution in [0.25, 0.3) is 0 Å². The van der Waals surface area contributed by atoms with Crippen molar-refractivity contribution in [3.8, 4) is 11.8 Å². The van der Waals surface area contributed by atoms with E-state index in [-0.39, 0.29) is 23.7 Å². The SMILES string of the molecule is CNc1nc(/N=C(N)/C=N\N)nc(Oc2ccccc2Cl)n1. The number of nitrogens with zero attached hydrogens (tertiary/aromatic N) is 5. The van der Waals surface area contributed by atoms with E-state index < -0.39 is 0 Å². The number of nitrogens with two attached hydrogens (primary N) is 2. The Morgan fingerprint density at radius 2 is 2.09 bits per heavy atom. The van der Waals surface area contributed by atoms with E-state index in [0.717, 1.165) is 6.21 Å². The maximum absolute atomic E-state index is 6.02. The normalized spacial score (nSPS) is 11.6. The van der Waals surface area contributed by atoms with Gasteiger partial charge in [0.1, 0.15) is 11.6 Å². The summed E-state index contributed by atoms with van der Waals surface area (Å²) in [5, 5.41) is 6.45. The van der Waals surface area contributed by atoms with Gasteiger partial charge in [0.25, 0.3) is 5.95 Å². The minimum absolute atomic E-state index is 0.0173. The van der Waals surface area contributed by atoms with Crippen molar-refractivity contribution in [2.24, 2.45) is 21.7 Å². The molecule has 0 unspecified atom stereocenters. The summed E-state index contributed by atoms with van der Waals surface area (Å²) in [5.41, 5.74) is 5.57. The average molecular weight is 321 g/mol. The van der Waals surface area contributed by atoms with E-state index >= 15 is 0 Å². The quantitative estimate of drug-likeness (QED) is 0.326. The van der Waals surface area contributed by atoms with Crippen LogP contribution in [-0.2, 0) is 0 Å². The predicted octanol–water partition coefficient (Wildman–Crippen LogP) is 1.29. The van der Waals surface area contributed by atoms with Crippen molar-refractivity contribution in [2.75, 3.05) is 12.4 Å². The first-order valence-corrected chi connectivity index (χ1v) is 6.44. The highest BCUT2D eigenvalue weighted by Gasteiger charge is 2.09. The van der Waals surface area contributed by atoms with Crippen LogP contribution in [0.1, 0.15) is 0 Å². The molecule has 0 spiro atoms. The molecule has 1 aromatic carbocycles. The van der Waals surface area contributed by atoms with Crippen LogP contribution in [-0.4, -0.2) is 34.0 Å². The zero-order valence-corrected chi connectivity index (χ0v) is 12.3. The summed E-state index contributed by atoms with van der Waals surface area (Å²) in [6.07, 6.45) is 1.16. The van der Waals surface area contributed by atoms with E-state index in [2.05, 4.69) is 30.4 Å². The molecule has 0 fully saturated rings. The Bertz CT molecular complexity index is 718. The molecule has 0 radical (unpaired) electrons. The summed E-state index contributed by atoms with van der Waals surface area (Å²) < 4.78 is 5.53. The number of benzene rings is 1. The molecule has 0 amide bonds. The number of halogens is 1. The van der Waals surface area contributed by atoms with Gasteiger partial charge in [-0.15, -0.1) is 0 Å². The van der Waals surface area contributed by atoms with E-state index in [4.69, 9.17) is 27.9 Å². The first-order chi connectivity index (χ1) is 10.6. The molecular formula is C12H13ClN8O. The lowest BCUT2D eigenvalue weighted by molar-refractivity contribution is 0.441. The smallest absolute Gasteiger partial charge is 0.328 e. The lowest BCUT2D eigenvalue weighted by atomic mass is 10.3. The molecule has 114 valence electrons. The molecule has 1 heterocycles. The largest absolute Gasteiger partial charge is 0.423 e. The third-order valence-corrected chi connectivity index (χ3v) is 2.61. The van der Waals surface area contributed by atoms with Gasteiger partial charge in [0.05, 0.1) is 11.2 Å². The fourth-order valence-electron chi connectivity index (χ4n) is 1.40. The Morgan fingerprint density at radius 1 is 1.32 bits per heavy atom. The van der Waals surface area contributed by atoms with Crippen LogP contribution < -0.4 is 21.6 Å². The second kappa shape index (κ2) is 7.18. The fourth-order valence-corrected chi connectivity index (χ4v) is 1.57. The Hall–Kier alpha value is -2.94. The summed E-state index contributed by atoms with van der Waals surface area (Å²) in [7, 11) is 1.65. The summed E-state index contributed by atoms with van der Waals surface area (Å²) in [6, 6.07) is 6.94. The first kappa shape index (κ1) is 15.4. The van der Waals surface area contributed by atoms with Crippen molar-refractivity contribution in [1.82, 2.24) is 15.0 Å². The molecule has 10 heteroatoms. The number of hydrogen-bond donors (Lipinski definition) is 3. The lowest BCUT2D eigenvalue weighted by Gasteiger charge is -2.07. The number of amidine groups is 1. The van der Waals surface area contributed by atoms with Crippen LogP contribution in [0.3, 0.4) is 0 Å². The van der Waals surface area contributed by atoms with Crippen molar-refractivity contribution < 1.29 is 4.74 Å². The van der Waals surface area contributed by atoms with E-state index in [0.29, 0.717) is 10.8 Å². The highest BCUT2D eigenvalue weighted by molar-refractivity contribution is 6.32. The molecule has 0 saturated heterocycles. The van der Waals surface area contributed by atoms with Gasteiger partial charge in [0, 0.05) is 7.05 Å². The number of hydrogen-bond acceptors (Lipinski definition) is 8. The maximum Gasteiger partial charge on any atom is 0.328 e. The van der Waals surface area contributed by atoms with Crippen molar-refractivity contribution in [3.05, 3.63) is 29.3 Å². The van der Waals surface area contributed by atoms with Gasteiger partial charge in [0.2, 0.25) is 5.95 Å². The van der Waals surface area contributed by atoms with Gasteiger partial charge in [-0.25, -0.2) is 0 Å². The third kappa shape index (κ3) is 4.03. The molecule has 5 N–H and O–H groups in total. The van der Waals surface area contributed by atoms with Gasteiger partial charge in [-0.3, -0.25) is 0 Å². The number of rotatable bonds is 5. The zero-order chi connectivity index (χ0) is 15.9. The van der Waals surface area contributed by atoms with Crippen molar-refractivity contribution in [2.45, 2.75) is 0 Å². The van der Waals surface area contributed by atoms with Crippen LogP contribution >= 0.6 is 11.6 Å². The van der Waals surface area contributed by atoms with E-state index in [9.17, 15) is 0 Å². The number of hydrazone groups is 1. The minimum Gasteiger partial charge on any atom is -0.423 e. The van der Waals surface area contributed by atoms with Crippen LogP contribution in [0.15, 0.2) is 34.4 Å². The molecule has 0 atom stereocenters. The predicted molar refractivity (Wildman–Crippen MR) is 84.9 cm³/mol. The highest BCUT2D eigenvalue weighted by atomic mass is 35.5. The Morgan fingerprint density at radius 3 is 2.77 bits per heavy atom. The summed E-state index contributed by atoms with van der Waals surface area (Å²) in [5.74, 6) is 5.74. The Balaban J connectivity index is 2.36. The van der Waals surface area contributed by atoms with Crippen molar-refractivity contribution in [1.29, 1.82) is 0 Å². The standard InChI is InChI=1S/C12H13ClN8O/c1-16-10-19-11(18-9(14)6-17-15)21-12(20-10)22-8-5-3-2-4-7(8)13/h2-6H,15H2,1H3,(H3,14,16,18,19,20,21)/b17-6-. The molecule has 9 nitrogen and oxygen atoms in total. The summed E-state index contributed by atoms with van der Waals surface area (Å²) in [6.45, 7) is 0. The van der Waals surface area contributed by atoms with Gasteiger partial charge < -0.3 is 21.6 Å². The summed E-state index contributed by atoms with van der Waals surface area (Å²) in [4.78, 5) is 16.0. The van der Waals surface area contributed by atoms with Gasteiger partial charge in [-0.1, -0.05) is 23.7 Å². The second-order valence-corrected chi connectivity index (χ2v) is 4.25. The van der Waals surface area contributed by atoms with Crippen molar-refractivity contribution in [3.63, 3.8) is 0 Å². The molecule has 0 aliphatic carbocycles. The van der Waals surface area contributed by atoms with E-state index in [1.807, 2.05) is 0 Å². The van der Waals surface area contributed by atoms with E-state index in [1.54, 1.807) is 31.3 Å². The third-order valence-electron chi connectivity index (χ3n) is 2.30. The monoisotopic (exact) mass is 320 g/mol. The topological polar surface area (TPSA) is 137 Å². The molecule has 0 aliphatic heterocycles. The molecule has 1 aromatic heterocycles. The van der Waals surface area contributed by atoms with Gasteiger partial charge in [-0.2, -0.15) is 25.0 Å². The zero-order valence-electron chi connectivity index (χ0n) is 11.6. The lowest BCUT2D eigenvalue weighted by Crippen LogP contribution is -2.14. The molecule has 2 rings (SSSR count). The van der Waals surface area contributed by atoms with Gasteiger partial charge >= 0.3 is 6.01 Å². The maximum atomic E-state index is 6.02. The van der Waals surface area contributed by atoms with Crippen LogP contribution in [0.4, 0.5) is 11.9 Å². The molecule has 0 aliphatic rings. The first-order valence-electron chi connectivity index (χ1n) is 6.06. The number of aromatic nitrogens is 3.